The Labute approximate surface area is 206 Å². The molecule has 8 heteroatoms. The van der Waals surface area contributed by atoms with Gasteiger partial charge in [0.05, 0.1) is 18.9 Å². The number of aliphatic carboxylic acids is 1. The molecule has 3 rings (SSSR count). The van der Waals surface area contributed by atoms with Gasteiger partial charge < -0.3 is 19.5 Å². The van der Waals surface area contributed by atoms with E-state index in [0.717, 1.165) is 16.3 Å². The fourth-order valence-electron chi connectivity index (χ4n) is 4.40. The van der Waals surface area contributed by atoms with E-state index in [1.807, 2.05) is 52.0 Å². The number of rotatable bonds is 6. The van der Waals surface area contributed by atoms with Gasteiger partial charge in [-0.05, 0) is 50.6 Å². The number of ether oxygens (including phenoxy) is 2. The van der Waals surface area contributed by atoms with Gasteiger partial charge in [-0.15, -0.1) is 0 Å². The summed E-state index contributed by atoms with van der Waals surface area (Å²) in [6, 6.07) is 6.76. The summed E-state index contributed by atoms with van der Waals surface area (Å²) in [6.45, 7) is 13.0. The van der Waals surface area contributed by atoms with E-state index in [4.69, 9.17) is 9.47 Å². The maximum atomic E-state index is 13.6. The van der Waals surface area contributed by atoms with Crippen molar-refractivity contribution in [2.75, 3.05) is 6.54 Å². The van der Waals surface area contributed by atoms with Crippen LogP contribution in [-0.2, 0) is 19.1 Å². The highest BCUT2D eigenvalue weighted by Gasteiger charge is 2.46. The summed E-state index contributed by atoms with van der Waals surface area (Å²) in [5.41, 5.74) is -0.148. The van der Waals surface area contributed by atoms with Gasteiger partial charge in [-0.1, -0.05) is 38.5 Å². The van der Waals surface area contributed by atoms with E-state index in [2.05, 4.69) is 4.98 Å². The standard InChI is InChI=1S/C27H36N2O6/c1-16-8-9-19-17(12-16)10-11-28-23(19)34-18-13-21(25(32)33)29(15-18)24(31)20(26(2,3)4)14-22(30)35-27(5,6)7/h8-12,18,20-21H,13-15H2,1-7H3,(H,32,33)/t18-,20-,21+/m1/s1. The number of hydrogen-bond acceptors (Lipinski definition) is 6. The van der Waals surface area contributed by atoms with Crippen molar-refractivity contribution >= 4 is 28.6 Å². The highest BCUT2D eigenvalue weighted by atomic mass is 16.6. The van der Waals surface area contributed by atoms with Crippen LogP contribution >= 0.6 is 0 Å². The van der Waals surface area contributed by atoms with Crippen molar-refractivity contribution in [3.8, 4) is 5.88 Å². The summed E-state index contributed by atoms with van der Waals surface area (Å²) in [5.74, 6) is -2.30. The molecule has 35 heavy (non-hydrogen) atoms. The van der Waals surface area contributed by atoms with E-state index in [-0.39, 0.29) is 25.3 Å². The number of carbonyl (C=O) groups is 3. The first-order chi connectivity index (χ1) is 16.2. The highest BCUT2D eigenvalue weighted by Crippen LogP contribution is 2.35. The van der Waals surface area contributed by atoms with E-state index in [9.17, 15) is 19.5 Å². The van der Waals surface area contributed by atoms with Crippen LogP contribution < -0.4 is 4.74 Å². The van der Waals surface area contributed by atoms with Crippen molar-refractivity contribution in [2.45, 2.75) is 79.1 Å². The number of hydrogen-bond donors (Lipinski definition) is 1. The number of likely N-dealkylation sites (tertiary alicyclic amines) is 1. The van der Waals surface area contributed by atoms with Crippen LogP contribution in [0, 0.1) is 18.3 Å². The lowest BCUT2D eigenvalue weighted by molar-refractivity contribution is -0.161. The minimum Gasteiger partial charge on any atom is -0.480 e. The van der Waals surface area contributed by atoms with Crippen LogP contribution in [0.5, 0.6) is 5.88 Å². The molecule has 2 heterocycles. The summed E-state index contributed by atoms with van der Waals surface area (Å²) in [5, 5.41) is 11.7. The van der Waals surface area contributed by atoms with Gasteiger partial charge in [0.25, 0.3) is 0 Å². The first-order valence-electron chi connectivity index (χ1n) is 11.9. The third-order valence-electron chi connectivity index (χ3n) is 6.13. The quantitative estimate of drug-likeness (QED) is 0.607. The number of esters is 1. The number of pyridine rings is 1. The molecule has 0 spiro atoms. The van der Waals surface area contributed by atoms with Gasteiger partial charge >= 0.3 is 11.9 Å². The van der Waals surface area contributed by atoms with Crippen LogP contribution in [0.1, 0.15) is 59.9 Å². The zero-order valence-electron chi connectivity index (χ0n) is 21.6. The van der Waals surface area contributed by atoms with Gasteiger partial charge in [0.2, 0.25) is 11.8 Å². The first-order valence-corrected chi connectivity index (χ1v) is 11.9. The van der Waals surface area contributed by atoms with Crippen LogP contribution in [0.25, 0.3) is 10.8 Å². The minimum absolute atomic E-state index is 0.0978. The third kappa shape index (κ3) is 6.50. The number of carbonyl (C=O) groups excluding carboxylic acids is 2. The summed E-state index contributed by atoms with van der Waals surface area (Å²) >= 11 is 0. The Morgan fingerprint density at radius 1 is 1.14 bits per heavy atom. The molecule has 1 aromatic carbocycles. The van der Waals surface area contributed by atoms with E-state index in [1.165, 1.54) is 4.90 Å². The van der Waals surface area contributed by atoms with Crippen LogP contribution in [0.3, 0.4) is 0 Å². The number of benzene rings is 1. The molecule has 1 aliphatic rings. The third-order valence-corrected chi connectivity index (χ3v) is 6.13. The fraction of sp³-hybridized carbons (Fsp3) is 0.556. The van der Waals surface area contributed by atoms with Crippen LogP contribution in [-0.4, -0.2) is 57.1 Å². The van der Waals surface area contributed by atoms with Gasteiger partial charge in [-0.2, -0.15) is 0 Å². The number of carboxylic acids is 1. The second-order valence-electron chi connectivity index (χ2n) is 11.4. The molecule has 0 aliphatic carbocycles. The molecule has 0 bridgehead atoms. The Morgan fingerprint density at radius 3 is 2.43 bits per heavy atom. The second-order valence-corrected chi connectivity index (χ2v) is 11.4. The maximum absolute atomic E-state index is 13.6. The predicted octanol–water partition coefficient (Wildman–Crippen LogP) is 4.37. The molecule has 1 N–H and O–H groups in total. The van der Waals surface area contributed by atoms with Gasteiger partial charge in [0.15, 0.2) is 0 Å². The molecule has 0 radical (unpaired) electrons. The molecule has 0 saturated carbocycles. The van der Waals surface area contributed by atoms with E-state index in [1.54, 1.807) is 27.0 Å². The molecule has 1 amide bonds. The Balaban J connectivity index is 1.83. The van der Waals surface area contributed by atoms with Crippen LogP contribution in [0.15, 0.2) is 30.5 Å². The van der Waals surface area contributed by atoms with Gasteiger partial charge in [-0.3, -0.25) is 9.59 Å². The number of aromatic nitrogens is 1. The number of carboxylic acid groups (broad SMARTS) is 1. The number of amides is 1. The summed E-state index contributed by atoms with van der Waals surface area (Å²) in [6.07, 6.45) is 1.12. The highest BCUT2D eigenvalue weighted by molar-refractivity contribution is 5.89. The first kappa shape index (κ1) is 26.4. The fourth-order valence-corrected chi connectivity index (χ4v) is 4.40. The van der Waals surface area contributed by atoms with Crippen molar-refractivity contribution in [3.05, 3.63) is 36.0 Å². The van der Waals surface area contributed by atoms with Crippen molar-refractivity contribution in [2.24, 2.45) is 11.3 Å². The lowest BCUT2D eigenvalue weighted by atomic mass is 9.77. The van der Waals surface area contributed by atoms with Crippen LogP contribution in [0.2, 0.25) is 0 Å². The average Bonchev–Trinajstić information content (AvgIpc) is 3.13. The Morgan fingerprint density at radius 2 is 1.83 bits per heavy atom. The van der Waals surface area contributed by atoms with Gasteiger partial charge in [0, 0.05) is 18.0 Å². The lowest BCUT2D eigenvalue weighted by Gasteiger charge is -2.34. The minimum atomic E-state index is -1.10. The number of nitrogens with zero attached hydrogens (tertiary/aromatic N) is 2. The molecule has 0 unspecified atom stereocenters. The molecule has 1 saturated heterocycles. The molecule has 2 aromatic rings. The summed E-state index contributed by atoms with van der Waals surface area (Å²) < 4.78 is 11.6. The molecule has 8 nitrogen and oxygen atoms in total. The molecule has 3 atom stereocenters. The van der Waals surface area contributed by atoms with E-state index < -0.39 is 41.0 Å². The monoisotopic (exact) mass is 484 g/mol. The second kappa shape index (κ2) is 9.84. The Bertz CT molecular complexity index is 1110. The van der Waals surface area contributed by atoms with Crippen molar-refractivity contribution < 1.29 is 29.0 Å². The summed E-state index contributed by atoms with van der Waals surface area (Å²) in [4.78, 5) is 44.0. The molecular formula is C27H36N2O6. The van der Waals surface area contributed by atoms with Crippen molar-refractivity contribution in [3.63, 3.8) is 0 Å². The predicted molar refractivity (Wildman–Crippen MR) is 132 cm³/mol. The normalized spacial score (nSPS) is 19.5. The van der Waals surface area contributed by atoms with Crippen LogP contribution in [0.4, 0.5) is 0 Å². The SMILES string of the molecule is Cc1ccc2c(O[C@@H]3C[C@@H](C(=O)O)N(C(=O)[C@@H](CC(=O)OC(C)(C)C)C(C)(C)C)C3)nccc2c1. The lowest BCUT2D eigenvalue weighted by Crippen LogP contribution is -2.47. The Hall–Kier alpha value is -3.16. The van der Waals surface area contributed by atoms with E-state index >= 15 is 0 Å². The largest absolute Gasteiger partial charge is 0.480 e. The zero-order chi connectivity index (χ0) is 26.1. The van der Waals surface area contributed by atoms with Crippen molar-refractivity contribution in [1.82, 2.24) is 9.88 Å². The number of fused-ring (bicyclic) bond motifs is 1. The molecule has 1 aromatic heterocycles. The van der Waals surface area contributed by atoms with Gasteiger partial charge in [-0.25, -0.2) is 9.78 Å². The molecule has 190 valence electrons. The van der Waals surface area contributed by atoms with E-state index in [0.29, 0.717) is 5.88 Å². The molecular weight excluding hydrogens is 448 g/mol. The molecule has 1 fully saturated rings. The Kier molecular flexibility index (Phi) is 7.43. The topological polar surface area (TPSA) is 106 Å². The average molecular weight is 485 g/mol. The zero-order valence-corrected chi connectivity index (χ0v) is 21.6. The smallest absolute Gasteiger partial charge is 0.326 e. The number of aryl methyl sites for hydroxylation is 1. The summed E-state index contributed by atoms with van der Waals surface area (Å²) in [7, 11) is 0. The van der Waals surface area contributed by atoms with Gasteiger partial charge in [0.1, 0.15) is 17.7 Å². The maximum Gasteiger partial charge on any atom is 0.326 e. The molecule has 1 aliphatic heterocycles. The van der Waals surface area contributed by atoms with Crippen molar-refractivity contribution in [1.29, 1.82) is 0 Å².